The van der Waals surface area contributed by atoms with E-state index >= 15 is 0 Å². The van der Waals surface area contributed by atoms with Gasteiger partial charge in [0.05, 0.1) is 0 Å². The van der Waals surface area contributed by atoms with Crippen LogP contribution in [-0.4, -0.2) is 47.1 Å². The van der Waals surface area contributed by atoms with E-state index in [1.165, 1.54) is 43.6 Å². The summed E-state index contributed by atoms with van der Waals surface area (Å²) in [7, 11) is 0. The quantitative estimate of drug-likeness (QED) is 0.737. The standard InChI is InChI=1S/C18H32N4/c1-5-11-22(12-6-2)16-9-10-17-15(13-16)14-19-18(20-17)21(7-3)8-4/h14,16H,5-13H2,1-4H3. The van der Waals surface area contributed by atoms with E-state index in [1.54, 1.807) is 0 Å². The van der Waals surface area contributed by atoms with Gasteiger partial charge < -0.3 is 9.80 Å². The molecule has 4 nitrogen and oxygen atoms in total. The molecule has 2 rings (SSSR count). The maximum absolute atomic E-state index is 4.84. The number of hydrogen-bond donors (Lipinski definition) is 0. The van der Waals surface area contributed by atoms with Crippen LogP contribution in [0.2, 0.25) is 0 Å². The SMILES string of the molecule is CCCN(CCC)C1CCc2nc(N(CC)CC)ncc2C1. The fourth-order valence-corrected chi connectivity index (χ4v) is 3.50. The van der Waals surface area contributed by atoms with Crippen LogP contribution in [0.1, 0.15) is 58.2 Å². The van der Waals surface area contributed by atoms with Crippen LogP contribution in [0.4, 0.5) is 5.95 Å². The molecular weight excluding hydrogens is 272 g/mol. The summed E-state index contributed by atoms with van der Waals surface area (Å²) in [5.41, 5.74) is 2.64. The van der Waals surface area contributed by atoms with E-state index in [4.69, 9.17) is 4.98 Å². The molecule has 0 fully saturated rings. The minimum atomic E-state index is 0.676. The van der Waals surface area contributed by atoms with Gasteiger partial charge in [0.25, 0.3) is 0 Å². The molecule has 0 bridgehead atoms. The molecule has 124 valence electrons. The van der Waals surface area contributed by atoms with Crippen LogP contribution < -0.4 is 4.90 Å². The molecular formula is C18H32N4. The molecule has 0 saturated heterocycles. The van der Waals surface area contributed by atoms with Gasteiger partial charge in [0.1, 0.15) is 0 Å². The molecule has 1 aromatic heterocycles. The van der Waals surface area contributed by atoms with E-state index in [0.717, 1.165) is 31.9 Å². The number of rotatable bonds is 8. The first-order valence-electron chi connectivity index (χ1n) is 9.07. The lowest BCUT2D eigenvalue weighted by Crippen LogP contribution is -2.40. The zero-order valence-electron chi connectivity index (χ0n) is 14.8. The molecule has 1 aliphatic carbocycles. The van der Waals surface area contributed by atoms with Crippen LogP contribution in [0.25, 0.3) is 0 Å². The Bertz CT molecular complexity index is 450. The molecule has 1 heterocycles. The Labute approximate surface area is 135 Å². The summed E-state index contributed by atoms with van der Waals surface area (Å²) in [4.78, 5) is 14.4. The molecule has 22 heavy (non-hydrogen) atoms. The van der Waals surface area contributed by atoms with Crippen molar-refractivity contribution < 1.29 is 0 Å². The highest BCUT2D eigenvalue weighted by Gasteiger charge is 2.25. The molecule has 4 heteroatoms. The minimum absolute atomic E-state index is 0.676. The summed E-state index contributed by atoms with van der Waals surface area (Å²) in [6, 6.07) is 0.676. The second kappa shape index (κ2) is 8.47. The van der Waals surface area contributed by atoms with Gasteiger partial charge in [0.2, 0.25) is 5.95 Å². The van der Waals surface area contributed by atoms with Crippen LogP contribution >= 0.6 is 0 Å². The Kier molecular flexibility index (Phi) is 6.62. The van der Waals surface area contributed by atoms with Crippen molar-refractivity contribution >= 4 is 5.95 Å². The van der Waals surface area contributed by atoms with Crippen LogP contribution in [0.15, 0.2) is 6.20 Å². The second-order valence-electron chi connectivity index (χ2n) is 6.25. The van der Waals surface area contributed by atoms with Crippen molar-refractivity contribution in [3.05, 3.63) is 17.5 Å². The van der Waals surface area contributed by atoms with Crippen LogP contribution in [0.5, 0.6) is 0 Å². The van der Waals surface area contributed by atoms with Crippen molar-refractivity contribution in [1.82, 2.24) is 14.9 Å². The minimum Gasteiger partial charge on any atom is -0.341 e. The van der Waals surface area contributed by atoms with E-state index < -0.39 is 0 Å². The predicted molar refractivity (Wildman–Crippen MR) is 93.6 cm³/mol. The molecule has 1 unspecified atom stereocenters. The molecule has 0 saturated carbocycles. The van der Waals surface area contributed by atoms with E-state index in [-0.39, 0.29) is 0 Å². The highest BCUT2D eigenvalue weighted by molar-refractivity contribution is 5.34. The summed E-state index contributed by atoms with van der Waals surface area (Å²) in [5.74, 6) is 0.904. The highest BCUT2D eigenvalue weighted by Crippen LogP contribution is 2.24. The maximum atomic E-state index is 4.84. The molecule has 1 aliphatic rings. The van der Waals surface area contributed by atoms with Crippen molar-refractivity contribution in [1.29, 1.82) is 0 Å². The monoisotopic (exact) mass is 304 g/mol. The summed E-state index contributed by atoms with van der Waals surface area (Å²) in [5, 5.41) is 0. The molecule has 0 N–H and O–H groups in total. The van der Waals surface area contributed by atoms with Gasteiger partial charge in [0.15, 0.2) is 0 Å². The summed E-state index contributed by atoms with van der Waals surface area (Å²) < 4.78 is 0. The lowest BCUT2D eigenvalue weighted by molar-refractivity contribution is 0.179. The zero-order valence-corrected chi connectivity index (χ0v) is 14.8. The van der Waals surface area contributed by atoms with Gasteiger partial charge in [-0.05, 0) is 64.6 Å². The van der Waals surface area contributed by atoms with E-state index in [9.17, 15) is 0 Å². The van der Waals surface area contributed by atoms with Gasteiger partial charge in [-0.3, -0.25) is 0 Å². The van der Waals surface area contributed by atoms with Crippen molar-refractivity contribution in [2.75, 3.05) is 31.1 Å². The summed E-state index contributed by atoms with van der Waals surface area (Å²) in [6.45, 7) is 13.2. The topological polar surface area (TPSA) is 32.3 Å². The van der Waals surface area contributed by atoms with Gasteiger partial charge >= 0.3 is 0 Å². The Hall–Kier alpha value is -1.16. The Balaban J connectivity index is 2.10. The Morgan fingerprint density at radius 1 is 1.09 bits per heavy atom. The molecule has 0 aromatic carbocycles. The number of aromatic nitrogens is 2. The van der Waals surface area contributed by atoms with E-state index in [1.807, 2.05) is 0 Å². The normalized spacial score (nSPS) is 17.6. The molecule has 0 amide bonds. The smallest absolute Gasteiger partial charge is 0.225 e. The van der Waals surface area contributed by atoms with E-state index in [0.29, 0.717) is 6.04 Å². The predicted octanol–water partition coefficient (Wildman–Crippen LogP) is 3.30. The first kappa shape index (κ1) is 17.2. The first-order valence-corrected chi connectivity index (χ1v) is 9.07. The van der Waals surface area contributed by atoms with Crippen molar-refractivity contribution in [3.8, 4) is 0 Å². The largest absolute Gasteiger partial charge is 0.341 e. The lowest BCUT2D eigenvalue weighted by Gasteiger charge is -2.34. The highest BCUT2D eigenvalue weighted by atomic mass is 15.2. The third-order valence-corrected chi connectivity index (χ3v) is 4.70. The van der Waals surface area contributed by atoms with Crippen LogP contribution in [0.3, 0.4) is 0 Å². The number of aryl methyl sites for hydroxylation is 1. The van der Waals surface area contributed by atoms with Gasteiger partial charge in [0, 0.05) is 31.0 Å². The second-order valence-corrected chi connectivity index (χ2v) is 6.25. The van der Waals surface area contributed by atoms with Gasteiger partial charge in [-0.1, -0.05) is 13.8 Å². The fourth-order valence-electron chi connectivity index (χ4n) is 3.50. The summed E-state index contributed by atoms with van der Waals surface area (Å²) in [6.07, 6.45) is 8.01. The van der Waals surface area contributed by atoms with Crippen LogP contribution in [0, 0.1) is 0 Å². The summed E-state index contributed by atoms with van der Waals surface area (Å²) >= 11 is 0. The van der Waals surface area contributed by atoms with E-state index in [2.05, 4.69) is 48.7 Å². The number of hydrogen-bond acceptors (Lipinski definition) is 4. The van der Waals surface area contributed by atoms with Crippen molar-refractivity contribution in [3.63, 3.8) is 0 Å². The zero-order chi connectivity index (χ0) is 15.9. The van der Waals surface area contributed by atoms with Gasteiger partial charge in [-0.2, -0.15) is 0 Å². The van der Waals surface area contributed by atoms with Crippen molar-refractivity contribution in [2.24, 2.45) is 0 Å². The number of anilines is 1. The average Bonchev–Trinajstić information content (AvgIpc) is 2.55. The molecule has 0 spiro atoms. The average molecular weight is 304 g/mol. The van der Waals surface area contributed by atoms with Crippen molar-refractivity contribution in [2.45, 2.75) is 65.8 Å². The Morgan fingerprint density at radius 2 is 1.77 bits per heavy atom. The number of fused-ring (bicyclic) bond motifs is 1. The van der Waals surface area contributed by atoms with Crippen LogP contribution in [-0.2, 0) is 12.8 Å². The Morgan fingerprint density at radius 3 is 2.36 bits per heavy atom. The van der Waals surface area contributed by atoms with Gasteiger partial charge in [-0.25, -0.2) is 9.97 Å². The maximum Gasteiger partial charge on any atom is 0.225 e. The molecule has 0 radical (unpaired) electrons. The number of nitrogens with zero attached hydrogens (tertiary/aromatic N) is 4. The third-order valence-electron chi connectivity index (χ3n) is 4.70. The first-order chi connectivity index (χ1) is 10.7. The lowest BCUT2D eigenvalue weighted by atomic mass is 9.91. The molecule has 1 aromatic rings. The third kappa shape index (κ3) is 3.97. The fraction of sp³-hybridized carbons (Fsp3) is 0.778. The molecule has 0 aliphatic heterocycles. The molecule has 1 atom stereocenters. The van der Waals surface area contributed by atoms with Gasteiger partial charge in [-0.15, -0.1) is 0 Å².